The lowest BCUT2D eigenvalue weighted by atomic mass is 9.99. The SMILES string of the molecule is OCCC1CCCCN1Cc1cccc(Cl)n1. The normalized spacial score (nSPS) is 21.6. The van der Waals surface area contributed by atoms with Gasteiger partial charge in [0, 0.05) is 19.2 Å². The fraction of sp³-hybridized carbons (Fsp3) is 0.615. The Morgan fingerprint density at radius 2 is 2.29 bits per heavy atom. The molecule has 1 N–H and O–H groups in total. The molecule has 0 aliphatic carbocycles. The summed E-state index contributed by atoms with van der Waals surface area (Å²) in [6, 6.07) is 6.24. The summed E-state index contributed by atoms with van der Waals surface area (Å²) in [7, 11) is 0. The molecule has 0 radical (unpaired) electrons. The van der Waals surface area contributed by atoms with E-state index in [9.17, 15) is 0 Å². The molecule has 1 aromatic heterocycles. The number of hydrogen-bond acceptors (Lipinski definition) is 3. The standard InChI is InChI=1S/C13H19ClN2O/c14-13-6-3-4-11(15-13)10-16-8-2-1-5-12(16)7-9-17/h3-4,6,12,17H,1-2,5,7-10H2. The third-order valence-corrected chi connectivity index (χ3v) is 3.56. The minimum atomic E-state index is 0.268. The lowest BCUT2D eigenvalue weighted by Gasteiger charge is -2.35. The molecule has 0 aromatic carbocycles. The third kappa shape index (κ3) is 3.66. The summed E-state index contributed by atoms with van der Waals surface area (Å²) in [5.41, 5.74) is 1.02. The molecular formula is C13H19ClN2O. The molecule has 1 fully saturated rings. The first kappa shape index (κ1) is 12.8. The molecule has 17 heavy (non-hydrogen) atoms. The minimum absolute atomic E-state index is 0.268. The molecule has 94 valence electrons. The summed E-state index contributed by atoms with van der Waals surface area (Å²) in [5.74, 6) is 0. The maximum absolute atomic E-state index is 9.08. The topological polar surface area (TPSA) is 36.4 Å². The summed E-state index contributed by atoms with van der Waals surface area (Å²) in [5, 5.41) is 9.64. The number of aliphatic hydroxyl groups excluding tert-OH is 1. The summed E-state index contributed by atoms with van der Waals surface area (Å²) < 4.78 is 0. The van der Waals surface area contributed by atoms with Crippen molar-refractivity contribution in [1.29, 1.82) is 0 Å². The Morgan fingerprint density at radius 1 is 1.41 bits per heavy atom. The van der Waals surface area contributed by atoms with E-state index in [0.29, 0.717) is 11.2 Å². The predicted molar refractivity (Wildman–Crippen MR) is 69.0 cm³/mol. The van der Waals surface area contributed by atoms with Gasteiger partial charge in [-0.25, -0.2) is 4.98 Å². The van der Waals surface area contributed by atoms with Crippen LogP contribution in [0, 0.1) is 0 Å². The van der Waals surface area contributed by atoms with Gasteiger partial charge in [0.25, 0.3) is 0 Å². The van der Waals surface area contributed by atoms with E-state index < -0.39 is 0 Å². The van der Waals surface area contributed by atoms with Gasteiger partial charge in [0.05, 0.1) is 5.69 Å². The van der Waals surface area contributed by atoms with Gasteiger partial charge in [0.1, 0.15) is 5.15 Å². The van der Waals surface area contributed by atoms with Gasteiger partial charge < -0.3 is 5.11 Å². The number of likely N-dealkylation sites (tertiary alicyclic amines) is 1. The quantitative estimate of drug-likeness (QED) is 0.839. The van der Waals surface area contributed by atoms with E-state index in [1.54, 1.807) is 6.07 Å². The van der Waals surface area contributed by atoms with Crippen molar-refractivity contribution >= 4 is 11.6 Å². The van der Waals surface area contributed by atoms with Crippen LogP contribution in [0.4, 0.5) is 0 Å². The maximum Gasteiger partial charge on any atom is 0.129 e. The number of halogens is 1. The lowest BCUT2D eigenvalue weighted by Crippen LogP contribution is -2.39. The van der Waals surface area contributed by atoms with Crippen LogP contribution in [-0.4, -0.2) is 34.2 Å². The second kappa shape index (κ2) is 6.34. The van der Waals surface area contributed by atoms with Crippen molar-refractivity contribution < 1.29 is 5.11 Å². The van der Waals surface area contributed by atoms with Crippen LogP contribution in [0.3, 0.4) is 0 Å². The highest BCUT2D eigenvalue weighted by atomic mass is 35.5. The molecule has 1 atom stereocenters. The highest BCUT2D eigenvalue weighted by molar-refractivity contribution is 6.29. The number of piperidine rings is 1. The molecule has 1 unspecified atom stereocenters. The lowest BCUT2D eigenvalue weighted by molar-refractivity contribution is 0.111. The highest BCUT2D eigenvalue weighted by Crippen LogP contribution is 2.21. The van der Waals surface area contributed by atoms with Crippen LogP contribution in [0.2, 0.25) is 5.15 Å². The second-order valence-electron chi connectivity index (χ2n) is 4.58. The zero-order chi connectivity index (χ0) is 12.1. The van der Waals surface area contributed by atoms with Crippen LogP contribution in [0.25, 0.3) is 0 Å². The first-order chi connectivity index (χ1) is 8.29. The Labute approximate surface area is 107 Å². The van der Waals surface area contributed by atoms with Gasteiger partial charge in [0.15, 0.2) is 0 Å². The molecule has 0 spiro atoms. The molecule has 1 aromatic rings. The van der Waals surface area contributed by atoms with Crippen molar-refractivity contribution in [3.63, 3.8) is 0 Å². The Balaban J connectivity index is 2.00. The molecule has 3 nitrogen and oxygen atoms in total. The molecular weight excluding hydrogens is 236 g/mol. The van der Waals surface area contributed by atoms with E-state index in [-0.39, 0.29) is 6.61 Å². The Hall–Kier alpha value is -0.640. The third-order valence-electron chi connectivity index (χ3n) is 3.35. The summed E-state index contributed by atoms with van der Waals surface area (Å²) >= 11 is 5.89. The van der Waals surface area contributed by atoms with Crippen LogP contribution in [0.1, 0.15) is 31.4 Å². The number of pyridine rings is 1. The van der Waals surface area contributed by atoms with Gasteiger partial charge in [-0.05, 0) is 37.9 Å². The fourth-order valence-corrected chi connectivity index (χ4v) is 2.67. The molecule has 4 heteroatoms. The van der Waals surface area contributed by atoms with Crippen LogP contribution < -0.4 is 0 Å². The summed E-state index contributed by atoms with van der Waals surface area (Å²) in [6.45, 7) is 2.20. The van der Waals surface area contributed by atoms with Gasteiger partial charge in [-0.1, -0.05) is 24.1 Å². The predicted octanol–water partition coefficient (Wildman–Crippen LogP) is 2.47. The van der Waals surface area contributed by atoms with Gasteiger partial charge in [0.2, 0.25) is 0 Å². The van der Waals surface area contributed by atoms with Crippen molar-refractivity contribution in [3.05, 3.63) is 29.0 Å². The number of aliphatic hydroxyl groups is 1. The Kier molecular flexibility index (Phi) is 4.77. The molecule has 2 rings (SSSR count). The molecule has 1 aliphatic heterocycles. The summed E-state index contributed by atoms with van der Waals surface area (Å²) in [4.78, 5) is 6.74. The molecule has 0 amide bonds. The van der Waals surface area contributed by atoms with Crippen LogP contribution >= 0.6 is 11.6 Å². The molecule has 1 aliphatic rings. The Bertz CT molecular complexity index is 357. The summed E-state index contributed by atoms with van der Waals surface area (Å²) in [6.07, 6.45) is 4.55. The van der Waals surface area contributed by atoms with E-state index in [1.165, 1.54) is 19.3 Å². The van der Waals surface area contributed by atoms with Crippen molar-refractivity contribution in [2.75, 3.05) is 13.2 Å². The first-order valence-electron chi connectivity index (χ1n) is 6.26. The van der Waals surface area contributed by atoms with Gasteiger partial charge in [-0.15, -0.1) is 0 Å². The van der Waals surface area contributed by atoms with Crippen molar-refractivity contribution in [3.8, 4) is 0 Å². The van der Waals surface area contributed by atoms with E-state index in [1.807, 2.05) is 12.1 Å². The van der Waals surface area contributed by atoms with Crippen LogP contribution in [0.5, 0.6) is 0 Å². The maximum atomic E-state index is 9.08. The van der Waals surface area contributed by atoms with Gasteiger partial charge in [-0.2, -0.15) is 0 Å². The first-order valence-corrected chi connectivity index (χ1v) is 6.64. The molecule has 0 saturated carbocycles. The fourth-order valence-electron chi connectivity index (χ4n) is 2.49. The van der Waals surface area contributed by atoms with Crippen LogP contribution in [-0.2, 0) is 6.54 Å². The largest absolute Gasteiger partial charge is 0.396 e. The smallest absolute Gasteiger partial charge is 0.129 e. The average molecular weight is 255 g/mol. The van der Waals surface area contributed by atoms with Crippen molar-refractivity contribution in [2.24, 2.45) is 0 Å². The van der Waals surface area contributed by atoms with Crippen LogP contribution in [0.15, 0.2) is 18.2 Å². The molecule has 0 bridgehead atoms. The minimum Gasteiger partial charge on any atom is -0.396 e. The zero-order valence-electron chi connectivity index (χ0n) is 9.98. The number of rotatable bonds is 4. The van der Waals surface area contributed by atoms with Crippen molar-refractivity contribution in [1.82, 2.24) is 9.88 Å². The Morgan fingerprint density at radius 3 is 3.06 bits per heavy atom. The number of nitrogens with zero attached hydrogens (tertiary/aromatic N) is 2. The van der Waals surface area contributed by atoms with Gasteiger partial charge >= 0.3 is 0 Å². The van der Waals surface area contributed by atoms with Crippen molar-refractivity contribution in [2.45, 2.75) is 38.3 Å². The monoisotopic (exact) mass is 254 g/mol. The zero-order valence-corrected chi connectivity index (χ0v) is 10.7. The molecule has 2 heterocycles. The number of aromatic nitrogens is 1. The highest BCUT2D eigenvalue weighted by Gasteiger charge is 2.22. The average Bonchev–Trinajstić information content (AvgIpc) is 2.32. The van der Waals surface area contributed by atoms with E-state index in [4.69, 9.17) is 16.7 Å². The molecule has 1 saturated heterocycles. The van der Waals surface area contributed by atoms with E-state index >= 15 is 0 Å². The van der Waals surface area contributed by atoms with E-state index in [0.717, 1.165) is 25.2 Å². The second-order valence-corrected chi connectivity index (χ2v) is 4.97. The number of hydrogen-bond donors (Lipinski definition) is 1. The van der Waals surface area contributed by atoms with Gasteiger partial charge in [-0.3, -0.25) is 4.90 Å². The van der Waals surface area contributed by atoms with E-state index in [2.05, 4.69) is 9.88 Å².